The lowest BCUT2D eigenvalue weighted by Crippen LogP contribution is -2.21. The molecule has 0 aliphatic rings. The Morgan fingerprint density at radius 3 is 2.38 bits per heavy atom. The van der Waals surface area contributed by atoms with Gasteiger partial charge >= 0.3 is 18.2 Å². The minimum Gasteiger partial charge on any atom is -0.424 e. The fraction of sp³-hybridized carbons (Fsp3) is 0.0385. The van der Waals surface area contributed by atoms with Crippen LogP contribution in [0.4, 0.5) is 39.5 Å². The van der Waals surface area contributed by atoms with Gasteiger partial charge in [0.2, 0.25) is 0 Å². The summed E-state index contributed by atoms with van der Waals surface area (Å²) in [6, 6.07) is 11.5. The minimum atomic E-state index is -4.57. The Balaban J connectivity index is 1.24. The third-order valence-electron chi connectivity index (χ3n) is 5.47. The largest absolute Gasteiger partial charge is 0.424 e. The molecule has 40 heavy (non-hydrogen) atoms. The summed E-state index contributed by atoms with van der Waals surface area (Å²) in [5.41, 5.74) is 6.31. The highest BCUT2D eigenvalue weighted by atomic mass is 19.4. The van der Waals surface area contributed by atoms with E-state index in [1.54, 1.807) is 24.3 Å². The van der Waals surface area contributed by atoms with E-state index < -0.39 is 23.6 Å². The van der Waals surface area contributed by atoms with E-state index in [1.165, 1.54) is 41.6 Å². The molecule has 0 saturated heterocycles. The van der Waals surface area contributed by atoms with E-state index in [1.807, 2.05) is 0 Å². The Labute approximate surface area is 223 Å². The molecular weight excluding hydrogens is 532 g/mol. The first-order chi connectivity index (χ1) is 19.2. The Morgan fingerprint density at radius 2 is 1.70 bits per heavy atom. The van der Waals surface area contributed by atoms with E-state index in [4.69, 9.17) is 10.5 Å². The number of nitrogens with one attached hydrogen (secondary N) is 2. The van der Waals surface area contributed by atoms with Crippen molar-refractivity contribution in [2.24, 2.45) is 0 Å². The Hall–Kier alpha value is -5.53. The van der Waals surface area contributed by atoms with Crippen LogP contribution < -0.4 is 21.1 Å². The maximum atomic E-state index is 13.5. The number of benzene rings is 2. The first-order valence-electron chi connectivity index (χ1n) is 11.5. The van der Waals surface area contributed by atoms with Crippen LogP contribution in [-0.2, 0) is 6.18 Å². The predicted octanol–water partition coefficient (Wildman–Crippen LogP) is 5.90. The maximum Gasteiger partial charge on any atom is 0.416 e. The molecule has 0 aliphatic carbocycles. The smallest absolute Gasteiger partial charge is 0.416 e. The number of aromatic nitrogens is 5. The van der Waals surface area contributed by atoms with Gasteiger partial charge in [-0.05, 0) is 48.0 Å². The molecule has 0 unspecified atom stereocenters. The van der Waals surface area contributed by atoms with Gasteiger partial charge in [0.25, 0.3) is 0 Å². The van der Waals surface area contributed by atoms with E-state index in [0.29, 0.717) is 16.9 Å². The van der Waals surface area contributed by atoms with Gasteiger partial charge in [-0.25, -0.2) is 28.8 Å². The molecule has 2 amide bonds. The second kappa shape index (κ2) is 10.7. The molecule has 5 rings (SSSR count). The van der Waals surface area contributed by atoms with Gasteiger partial charge in [0.15, 0.2) is 0 Å². The van der Waals surface area contributed by atoms with Crippen LogP contribution in [0.1, 0.15) is 5.56 Å². The molecule has 0 saturated carbocycles. The Morgan fingerprint density at radius 1 is 0.950 bits per heavy atom. The average Bonchev–Trinajstić information content (AvgIpc) is 3.46. The van der Waals surface area contributed by atoms with Crippen molar-refractivity contribution < 1.29 is 27.1 Å². The van der Waals surface area contributed by atoms with E-state index in [2.05, 4.69) is 30.7 Å². The Bertz CT molecular complexity index is 1640. The number of ether oxygens (including phenoxy) is 1. The zero-order valence-corrected chi connectivity index (χ0v) is 20.2. The number of rotatable bonds is 6. The first-order valence-corrected chi connectivity index (χ1v) is 11.5. The summed E-state index contributed by atoms with van der Waals surface area (Å²) in [4.78, 5) is 24.4. The molecule has 3 aromatic heterocycles. The third-order valence-corrected chi connectivity index (χ3v) is 5.47. The van der Waals surface area contributed by atoms with Gasteiger partial charge in [0.1, 0.15) is 17.4 Å². The molecule has 0 radical (unpaired) electrons. The fourth-order valence-electron chi connectivity index (χ4n) is 3.62. The lowest BCUT2D eigenvalue weighted by Gasteiger charge is -2.15. The number of nitrogens with zero attached hydrogens (tertiary/aromatic N) is 5. The van der Waals surface area contributed by atoms with Gasteiger partial charge in [-0.15, -0.1) is 0 Å². The average molecular weight is 550 g/mol. The summed E-state index contributed by atoms with van der Waals surface area (Å²) in [5, 5.41) is 8.96. The van der Waals surface area contributed by atoms with Crippen molar-refractivity contribution in [3.05, 3.63) is 97.0 Å². The Kier molecular flexibility index (Phi) is 6.97. The van der Waals surface area contributed by atoms with Gasteiger partial charge in [-0.2, -0.15) is 18.3 Å². The van der Waals surface area contributed by atoms with E-state index in [9.17, 15) is 22.4 Å². The van der Waals surface area contributed by atoms with Crippen molar-refractivity contribution in [2.75, 3.05) is 16.4 Å². The standard InChI is InChI=1S/C26H18F4N8O2/c27-17-11-20(23(31)32-12-17)15-2-5-19(6-3-15)40-25-33-13-18(14-34-25)36-24(39)37-21-7-4-16(26(28,29)30)10-22(21)38-9-1-8-35-38/h1-14H,(H2,31,32)(H2,36,37,39). The molecule has 5 aromatic rings. The van der Waals surface area contributed by atoms with Crippen LogP contribution in [0, 0.1) is 5.82 Å². The summed E-state index contributed by atoms with van der Waals surface area (Å²) in [7, 11) is 0. The lowest BCUT2D eigenvalue weighted by atomic mass is 10.1. The molecule has 0 fully saturated rings. The number of alkyl halides is 3. The van der Waals surface area contributed by atoms with E-state index in [0.717, 1.165) is 24.4 Å². The molecule has 14 heteroatoms. The summed E-state index contributed by atoms with van der Waals surface area (Å²) in [6.07, 6.45) is 1.89. The van der Waals surface area contributed by atoms with Gasteiger partial charge in [0.05, 0.1) is 41.2 Å². The van der Waals surface area contributed by atoms with E-state index in [-0.39, 0.29) is 28.9 Å². The number of amides is 2. The van der Waals surface area contributed by atoms with Gasteiger partial charge in [0, 0.05) is 18.0 Å². The van der Waals surface area contributed by atoms with Crippen LogP contribution >= 0.6 is 0 Å². The normalized spacial score (nSPS) is 11.2. The quantitative estimate of drug-likeness (QED) is 0.224. The number of anilines is 3. The molecule has 2 aromatic carbocycles. The van der Waals surface area contributed by atoms with Gasteiger partial charge < -0.3 is 21.1 Å². The van der Waals surface area contributed by atoms with Crippen LogP contribution in [-0.4, -0.2) is 30.8 Å². The fourth-order valence-corrected chi connectivity index (χ4v) is 3.62. The number of pyridine rings is 1. The van der Waals surface area contributed by atoms with Crippen molar-refractivity contribution in [1.29, 1.82) is 0 Å². The number of urea groups is 1. The highest BCUT2D eigenvalue weighted by Gasteiger charge is 2.31. The molecular formula is C26H18F4N8O2. The SMILES string of the molecule is Nc1ncc(F)cc1-c1ccc(Oc2ncc(NC(=O)Nc3ccc(C(F)(F)F)cc3-n3cccn3)cn2)cc1. The van der Waals surface area contributed by atoms with Crippen LogP contribution in [0.2, 0.25) is 0 Å². The monoisotopic (exact) mass is 550 g/mol. The number of nitrogens with two attached hydrogens (primary N) is 1. The van der Waals surface area contributed by atoms with Crippen molar-refractivity contribution in [3.8, 4) is 28.6 Å². The number of hydrogen-bond donors (Lipinski definition) is 3. The van der Waals surface area contributed by atoms with Crippen LogP contribution in [0.25, 0.3) is 16.8 Å². The maximum absolute atomic E-state index is 13.5. The minimum absolute atomic E-state index is 0.0191. The zero-order chi connectivity index (χ0) is 28.3. The number of hydrogen-bond acceptors (Lipinski definition) is 7. The van der Waals surface area contributed by atoms with E-state index >= 15 is 0 Å². The molecule has 3 heterocycles. The molecule has 0 aliphatic heterocycles. The summed E-state index contributed by atoms with van der Waals surface area (Å²) in [5.74, 6) is 0.0538. The summed E-state index contributed by atoms with van der Waals surface area (Å²) < 4.78 is 59.9. The highest BCUT2D eigenvalue weighted by Crippen LogP contribution is 2.33. The molecule has 0 bridgehead atoms. The second-order valence-corrected chi connectivity index (χ2v) is 8.23. The predicted molar refractivity (Wildman–Crippen MR) is 137 cm³/mol. The van der Waals surface area contributed by atoms with Crippen LogP contribution in [0.5, 0.6) is 11.8 Å². The van der Waals surface area contributed by atoms with Crippen molar-refractivity contribution >= 4 is 23.2 Å². The van der Waals surface area contributed by atoms with Crippen molar-refractivity contribution in [3.63, 3.8) is 0 Å². The molecule has 0 atom stereocenters. The topological polar surface area (TPSA) is 133 Å². The zero-order valence-electron chi connectivity index (χ0n) is 20.2. The van der Waals surface area contributed by atoms with Gasteiger partial charge in [-0.3, -0.25) is 0 Å². The molecule has 10 nitrogen and oxygen atoms in total. The number of halogens is 4. The number of nitrogen functional groups attached to an aromatic ring is 1. The number of carbonyl (C=O) groups excluding carboxylic acids is 1. The summed E-state index contributed by atoms with van der Waals surface area (Å²) in [6.45, 7) is 0. The first kappa shape index (κ1) is 26.1. The van der Waals surface area contributed by atoms with Gasteiger partial charge in [-0.1, -0.05) is 12.1 Å². The van der Waals surface area contributed by atoms with Crippen LogP contribution in [0.15, 0.2) is 85.6 Å². The van der Waals surface area contributed by atoms with Crippen molar-refractivity contribution in [2.45, 2.75) is 6.18 Å². The molecule has 0 spiro atoms. The lowest BCUT2D eigenvalue weighted by molar-refractivity contribution is -0.137. The van der Waals surface area contributed by atoms with Crippen molar-refractivity contribution in [1.82, 2.24) is 24.7 Å². The van der Waals surface area contributed by atoms with Crippen LogP contribution in [0.3, 0.4) is 0 Å². The molecule has 4 N–H and O–H groups in total. The summed E-state index contributed by atoms with van der Waals surface area (Å²) >= 11 is 0. The highest BCUT2D eigenvalue weighted by molar-refractivity contribution is 6.00. The third kappa shape index (κ3) is 5.96. The number of carbonyl (C=O) groups is 1. The second-order valence-electron chi connectivity index (χ2n) is 8.23. The molecule has 202 valence electrons.